The molecule has 0 radical (unpaired) electrons. The fraction of sp³-hybridized carbons (Fsp3) is 0.938. The molecule has 1 saturated heterocycles. The molecule has 112 valence electrons. The normalized spacial score (nSPS) is 18.9. The Morgan fingerprint density at radius 1 is 1.05 bits per heavy atom. The number of likely N-dealkylation sites (tertiary alicyclic amines) is 1. The first-order valence-electron chi connectivity index (χ1n) is 8.20. The molecule has 1 fully saturated rings. The molecule has 3 nitrogen and oxygen atoms in total. The SMILES string of the molecule is CCCCCCCCCCCN1CCC[C@H]1C(=O)[O-].[Na+]. The zero-order valence-corrected chi connectivity index (χ0v) is 15.5. The Morgan fingerprint density at radius 3 is 2.15 bits per heavy atom. The second-order valence-corrected chi connectivity index (χ2v) is 5.84. The quantitative estimate of drug-likeness (QED) is 0.389. The predicted molar refractivity (Wildman–Crippen MR) is 76.8 cm³/mol. The molecule has 0 amide bonds. The molecule has 0 spiro atoms. The summed E-state index contributed by atoms with van der Waals surface area (Å²) >= 11 is 0. The second kappa shape index (κ2) is 13.1. The van der Waals surface area contributed by atoms with Gasteiger partial charge in [0.25, 0.3) is 0 Å². The van der Waals surface area contributed by atoms with Crippen LogP contribution < -0.4 is 34.7 Å². The number of carbonyl (C=O) groups is 1. The molecule has 4 heteroatoms. The van der Waals surface area contributed by atoms with Crippen LogP contribution in [-0.2, 0) is 4.79 Å². The van der Waals surface area contributed by atoms with E-state index in [4.69, 9.17) is 0 Å². The van der Waals surface area contributed by atoms with Gasteiger partial charge in [0.1, 0.15) is 0 Å². The van der Waals surface area contributed by atoms with Gasteiger partial charge in [0.2, 0.25) is 0 Å². The number of carboxylic acids is 1. The zero-order chi connectivity index (χ0) is 13.9. The van der Waals surface area contributed by atoms with Crippen molar-refractivity contribution in [2.75, 3.05) is 13.1 Å². The number of unbranched alkanes of at least 4 members (excludes halogenated alkanes) is 8. The van der Waals surface area contributed by atoms with E-state index in [2.05, 4.69) is 11.8 Å². The van der Waals surface area contributed by atoms with Crippen molar-refractivity contribution >= 4 is 5.97 Å². The monoisotopic (exact) mass is 291 g/mol. The Kier molecular flexibility index (Phi) is 13.4. The minimum Gasteiger partial charge on any atom is -0.548 e. The van der Waals surface area contributed by atoms with Gasteiger partial charge in [-0.2, -0.15) is 0 Å². The third-order valence-corrected chi connectivity index (χ3v) is 4.18. The van der Waals surface area contributed by atoms with Crippen molar-refractivity contribution in [2.24, 2.45) is 0 Å². The Bertz CT molecular complexity index is 249. The number of carboxylic acid groups (broad SMARTS) is 1. The van der Waals surface area contributed by atoms with Crippen molar-refractivity contribution in [3.05, 3.63) is 0 Å². The van der Waals surface area contributed by atoms with Gasteiger partial charge in [-0.1, -0.05) is 58.3 Å². The minimum atomic E-state index is -0.881. The van der Waals surface area contributed by atoms with Crippen molar-refractivity contribution in [2.45, 2.75) is 83.6 Å². The summed E-state index contributed by atoms with van der Waals surface area (Å²) in [6.45, 7) is 4.13. The Balaban J connectivity index is 0.00000361. The van der Waals surface area contributed by atoms with Gasteiger partial charge >= 0.3 is 29.6 Å². The molecule has 0 aromatic carbocycles. The van der Waals surface area contributed by atoms with Gasteiger partial charge in [-0.3, -0.25) is 4.90 Å². The largest absolute Gasteiger partial charge is 1.00 e. The van der Waals surface area contributed by atoms with Gasteiger partial charge in [-0.25, -0.2) is 0 Å². The molecule has 0 aromatic rings. The van der Waals surface area contributed by atoms with Crippen molar-refractivity contribution in [3.8, 4) is 0 Å². The summed E-state index contributed by atoms with van der Waals surface area (Å²) in [5.74, 6) is -0.881. The van der Waals surface area contributed by atoms with Crippen LogP contribution >= 0.6 is 0 Å². The maximum atomic E-state index is 10.9. The summed E-state index contributed by atoms with van der Waals surface area (Å²) in [5, 5.41) is 10.9. The summed E-state index contributed by atoms with van der Waals surface area (Å²) in [5.41, 5.74) is 0. The maximum absolute atomic E-state index is 10.9. The number of hydrogen-bond donors (Lipinski definition) is 0. The number of rotatable bonds is 11. The van der Waals surface area contributed by atoms with E-state index in [-0.39, 0.29) is 35.6 Å². The van der Waals surface area contributed by atoms with E-state index in [9.17, 15) is 9.90 Å². The number of hydrogen-bond acceptors (Lipinski definition) is 3. The van der Waals surface area contributed by atoms with Gasteiger partial charge < -0.3 is 9.90 Å². The second-order valence-electron chi connectivity index (χ2n) is 5.84. The van der Waals surface area contributed by atoms with Crippen molar-refractivity contribution in [1.29, 1.82) is 0 Å². The van der Waals surface area contributed by atoms with Crippen LogP contribution in [-0.4, -0.2) is 30.0 Å². The van der Waals surface area contributed by atoms with Gasteiger partial charge in [0.15, 0.2) is 0 Å². The van der Waals surface area contributed by atoms with Crippen LogP contribution in [0.15, 0.2) is 0 Å². The Labute approximate surface area is 146 Å². The van der Waals surface area contributed by atoms with Crippen LogP contribution in [0.3, 0.4) is 0 Å². The molecule has 0 saturated carbocycles. The van der Waals surface area contributed by atoms with Crippen LogP contribution in [0, 0.1) is 0 Å². The van der Waals surface area contributed by atoms with Gasteiger partial charge in [0.05, 0.1) is 5.97 Å². The van der Waals surface area contributed by atoms with Crippen molar-refractivity contribution in [1.82, 2.24) is 4.90 Å². The Hall–Kier alpha value is 0.430. The fourth-order valence-electron chi connectivity index (χ4n) is 2.99. The van der Waals surface area contributed by atoms with E-state index in [0.717, 1.165) is 32.4 Å². The van der Waals surface area contributed by atoms with E-state index in [0.29, 0.717) is 0 Å². The topological polar surface area (TPSA) is 43.4 Å². The van der Waals surface area contributed by atoms with E-state index < -0.39 is 5.97 Å². The predicted octanol–water partition coefficient (Wildman–Crippen LogP) is -0.264. The molecule has 1 atom stereocenters. The molecule has 0 bridgehead atoms. The molecule has 1 aliphatic rings. The first-order chi connectivity index (χ1) is 9.25. The van der Waals surface area contributed by atoms with Crippen molar-refractivity contribution < 1.29 is 39.5 Å². The molecule has 20 heavy (non-hydrogen) atoms. The molecule has 1 heterocycles. The maximum Gasteiger partial charge on any atom is 1.00 e. The molecule has 0 unspecified atom stereocenters. The summed E-state index contributed by atoms with van der Waals surface area (Å²) in [6, 6.07) is -0.311. The number of aliphatic carboxylic acids is 1. The van der Waals surface area contributed by atoms with Gasteiger partial charge in [-0.05, 0) is 32.4 Å². The van der Waals surface area contributed by atoms with Crippen LogP contribution in [0.4, 0.5) is 0 Å². The number of nitrogens with zero attached hydrogens (tertiary/aromatic N) is 1. The minimum absolute atomic E-state index is 0. The summed E-state index contributed by atoms with van der Waals surface area (Å²) in [7, 11) is 0. The average molecular weight is 291 g/mol. The van der Waals surface area contributed by atoms with Crippen LogP contribution in [0.5, 0.6) is 0 Å². The van der Waals surface area contributed by atoms with E-state index >= 15 is 0 Å². The first-order valence-corrected chi connectivity index (χ1v) is 8.20. The smallest absolute Gasteiger partial charge is 0.548 e. The third-order valence-electron chi connectivity index (χ3n) is 4.18. The third kappa shape index (κ3) is 8.66. The molecule has 1 rings (SSSR count). The summed E-state index contributed by atoms with van der Waals surface area (Å²) in [6.07, 6.45) is 13.6. The van der Waals surface area contributed by atoms with E-state index in [1.807, 2.05) is 0 Å². The van der Waals surface area contributed by atoms with Gasteiger partial charge in [-0.15, -0.1) is 0 Å². The fourth-order valence-corrected chi connectivity index (χ4v) is 2.99. The van der Waals surface area contributed by atoms with Crippen LogP contribution in [0.25, 0.3) is 0 Å². The van der Waals surface area contributed by atoms with Crippen molar-refractivity contribution in [3.63, 3.8) is 0 Å². The Morgan fingerprint density at radius 2 is 1.60 bits per heavy atom. The summed E-state index contributed by atoms with van der Waals surface area (Å²) in [4.78, 5) is 13.0. The summed E-state index contributed by atoms with van der Waals surface area (Å²) < 4.78 is 0. The first kappa shape index (κ1) is 20.4. The van der Waals surface area contributed by atoms with Gasteiger partial charge in [0, 0.05) is 6.04 Å². The average Bonchev–Trinajstić information content (AvgIpc) is 2.85. The molecular formula is C16H30NNaO2. The molecule has 0 aromatic heterocycles. The molecule has 1 aliphatic heterocycles. The molecular weight excluding hydrogens is 261 g/mol. The van der Waals surface area contributed by atoms with Crippen LogP contribution in [0.2, 0.25) is 0 Å². The molecule has 0 aliphatic carbocycles. The zero-order valence-electron chi connectivity index (χ0n) is 13.5. The number of carbonyl (C=O) groups excluding carboxylic acids is 1. The van der Waals surface area contributed by atoms with E-state index in [1.54, 1.807) is 0 Å². The van der Waals surface area contributed by atoms with E-state index in [1.165, 1.54) is 51.4 Å². The standard InChI is InChI=1S/C16H31NO2.Na/c1-2-3-4-5-6-7-8-9-10-13-17-14-11-12-15(17)16(18)19;/h15H,2-14H2,1H3,(H,18,19);/q;+1/p-1/t15-;/m0./s1. The molecule has 0 N–H and O–H groups in total. The van der Waals surface area contributed by atoms with Crippen LogP contribution in [0.1, 0.15) is 77.6 Å².